The van der Waals surface area contributed by atoms with Crippen molar-refractivity contribution in [3.8, 4) is 17.6 Å². The van der Waals surface area contributed by atoms with E-state index < -0.39 is 0 Å². The normalized spacial score (nSPS) is 9.90. The molecule has 0 unspecified atom stereocenters. The average Bonchev–Trinajstić information content (AvgIpc) is 2.47. The fourth-order valence-electron chi connectivity index (χ4n) is 1.85. The fraction of sp³-hybridized carbons (Fsp3) is 0.176. The van der Waals surface area contributed by atoms with Gasteiger partial charge in [0.1, 0.15) is 12.4 Å². The van der Waals surface area contributed by atoms with Crippen molar-refractivity contribution in [2.75, 3.05) is 6.54 Å². The maximum absolute atomic E-state index is 6.12. The third-order valence-electron chi connectivity index (χ3n) is 2.90. The van der Waals surface area contributed by atoms with Crippen molar-refractivity contribution in [1.82, 2.24) is 0 Å². The van der Waals surface area contributed by atoms with Gasteiger partial charge in [-0.2, -0.15) is 0 Å². The van der Waals surface area contributed by atoms with E-state index >= 15 is 0 Å². The minimum atomic E-state index is 0.352. The molecular weight excluding hydrogens is 305 g/mol. The monoisotopic (exact) mass is 319 g/mol. The van der Waals surface area contributed by atoms with E-state index in [1.807, 2.05) is 25.1 Å². The molecule has 2 aromatic rings. The van der Waals surface area contributed by atoms with Gasteiger partial charge in [0.05, 0.1) is 6.54 Å². The molecule has 21 heavy (non-hydrogen) atoms. The highest BCUT2D eigenvalue weighted by Gasteiger charge is 2.05. The Balaban J connectivity index is 2.11. The molecule has 2 aromatic carbocycles. The Morgan fingerprint density at radius 3 is 2.67 bits per heavy atom. The van der Waals surface area contributed by atoms with Crippen LogP contribution in [-0.2, 0) is 6.61 Å². The maximum Gasteiger partial charge on any atom is 0.122 e. The largest absolute Gasteiger partial charge is 0.489 e. The van der Waals surface area contributed by atoms with Crippen molar-refractivity contribution in [2.24, 2.45) is 5.73 Å². The lowest BCUT2D eigenvalue weighted by molar-refractivity contribution is 0.304. The van der Waals surface area contributed by atoms with Crippen molar-refractivity contribution < 1.29 is 4.74 Å². The number of rotatable bonds is 3. The molecule has 2 nitrogen and oxygen atoms in total. The molecule has 0 amide bonds. The predicted molar refractivity (Wildman–Crippen MR) is 87.9 cm³/mol. The second-order valence-corrected chi connectivity index (χ2v) is 5.35. The summed E-state index contributed by atoms with van der Waals surface area (Å²) in [5.74, 6) is 6.62. The summed E-state index contributed by atoms with van der Waals surface area (Å²) in [4.78, 5) is 0. The van der Waals surface area contributed by atoms with Crippen LogP contribution < -0.4 is 10.5 Å². The van der Waals surface area contributed by atoms with E-state index in [2.05, 4.69) is 11.8 Å². The molecule has 0 saturated carbocycles. The van der Waals surface area contributed by atoms with Crippen LogP contribution in [0, 0.1) is 18.8 Å². The fourth-order valence-corrected chi connectivity index (χ4v) is 2.22. The molecule has 0 spiro atoms. The van der Waals surface area contributed by atoms with Gasteiger partial charge in [-0.15, -0.1) is 0 Å². The van der Waals surface area contributed by atoms with E-state index in [0.717, 1.165) is 22.4 Å². The Kier molecular flexibility index (Phi) is 5.52. The molecule has 0 bridgehead atoms. The van der Waals surface area contributed by atoms with Crippen molar-refractivity contribution in [2.45, 2.75) is 13.5 Å². The topological polar surface area (TPSA) is 35.2 Å². The van der Waals surface area contributed by atoms with Gasteiger partial charge in [-0.3, -0.25) is 0 Å². The molecule has 2 rings (SSSR count). The number of nitrogens with two attached hydrogens (primary N) is 1. The molecule has 108 valence electrons. The first kappa shape index (κ1) is 15.7. The molecule has 0 radical (unpaired) electrons. The lowest BCUT2D eigenvalue weighted by atomic mass is 10.1. The highest BCUT2D eigenvalue weighted by molar-refractivity contribution is 6.33. The van der Waals surface area contributed by atoms with E-state index in [1.54, 1.807) is 18.2 Å². The van der Waals surface area contributed by atoms with E-state index in [-0.39, 0.29) is 0 Å². The van der Waals surface area contributed by atoms with Gasteiger partial charge in [0.15, 0.2) is 0 Å². The molecule has 0 fully saturated rings. The summed E-state index contributed by atoms with van der Waals surface area (Å²) < 4.78 is 5.80. The zero-order valence-electron chi connectivity index (χ0n) is 11.6. The zero-order valence-corrected chi connectivity index (χ0v) is 13.1. The lowest BCUT2D eigenvalue weighted by Gasteiger charge is -2.11. The van der Waals surface area contributed by atoms with Crippen LogP contribution in [0.3, 0.4) is 0 Å². The van der Waals surface area contributed by atoms with Gasteiger partial charge >= 0.3 is 0 Å². The van der Waals surface area contributed by atoms with E-state index in [1.165, 1.54) is 0 Å². The minimum Gasteiger partial charge on any atom is -0.489 e. The van der Waals surface area contributed by atoms with Crippen LogP contribution in [0.2, 0.25) is 10.0 Å². The van der Waals surface area contributed by atoms with Gasteiger partial charge in [0.25, 0.3) is 0 Å². The molecular formula is C17H15Cl2NO. The second kappa shape index (κ2) is 7.38. The standard InChI is InChI=1S/C17H15Cl2NO/c1-12-9-13(3-2-8-20)4-7-17(12)21-11-14-10-15(18)5-6-16(14)19/h4-7,9-10H,8,11,20H2,1H3. The van der Waals surface area contributed by atoms with Crippen LogP contribution in [0.1, 0.15) is 16.7 Å². The number of hydrogen-bond donors (Lipinski definition) is 1. The number of ether oxygens (including phenoxy) is 1. The summed E-state index contributed by atoms with van der Waals surface area (Å²) in [6.45, 7) is 2.70. The summed E-state index contributed by atoms with van der Waals surface area (Å²) in [6, 6.07) is 11.1. The SMILES string of the molecule is Cc1cc(C#CCN)ccc1OCc1cc(Cl)ccc1Cl. The van der Waals surface area contributed by atoms with Crippen LogP contribution in [0.4, 0.5) is 0 Å². The van der Waals surface area contributed by atoms with E-state index in [0.29, 0.717) is 23.2 Å². The third kappa shape index (κ3) is 4.41. The summed E-state index contributed by atoms with van der Waals surface area (Å²) in [7, 11) is 0. The summed E-state index contributed by atoms with van der Waals surface area (Å²) in [5, 5.41) is 1.28. The van der Waals surface area contributed by atoms with Crippen LogP contribution >= 0.6 is 23.2 Å². The van der Waals surface area contributed by atoms with Crippen molar-refractivity contribution in [1.29, 1.82) is 0 Å². The second-order valence-electron chi connectivity index (χ2n) is 4.51. The Hall–Kier alpha value is -1.66. The first-order valence-corrected chi connectivity index (χ1v) is 7.22. The molecule has 0 aliphatic heterocycles. The lowest BCUT2D eigenvalue weighted by Crippen LogP contribution is -1.98. The molecule has 0 atom stereocenters. The number of aryl methyl sites for hydroxylation is 1. The molecule has 0 heterocycles. The van der Waals surface area contributed by atoms with Gasteiger partial charge in [0.2, 0.25) is 0 Å². The smallest absolute Gasteiger partial charge is 0.122 e. The maximum atomic E-state index is 6.12. The Labute approximate surface area is 134 Å². The average molecular weight is 320 g/mol. The Morgan fingerprint density at radius 2 is 1.95 bits per heavy atom. The number of halogens is 2. The highest BCUT2D eigenvalue weighted by atomic mass is 35.5. The first-order chi connectivity index (χ1) is 10.1. The highest BCUT2D eigenvalue weighted by Crippen LogP contribution is 2.24. The van der Waals surface area contributed by atoms with Crippen molar-refractivity contribution >= 4 is 23.2 Å². The van der Waals surface area contributed by atoms with Crippen LogP contribution in [0.5, 0.6) is 5.75 Å². The van der Waals surface area contributed by atoms with Crippen molar-refractivity contribution in [3.63, 3.8) is 0 Å². The summed E-state index contributed by atoms with van der Waals surface area (Å²) in [5.41, 5.74) is 8.15. The summed E-state index contributed by atoms with van der Waals surface area (Å²) in [6.07, 6.45) is 0. The number of benzene rings is 2. The van der Waals surface area contributed by atoms with Crippen LogP contribution in [0.25, 0.3) is 0 Å². The summed E-state index contributed by atoms with van der Waals surface area (Å²) >= 11 is 12.1. The third-order valence-corrected chi connectivity index (χ3v) is 3.50. The van der Waals surface area contributed by atoms with Gasteiger partial charge < -0.3 is 10.5 Å². The predicted octanol–water partition coefficient (Wildman–Crippen LogP) is 4.19. The molecule has 0 aliphatic carbocycles. The first-order valence-electron chi connectivity index (χ1n) is 6.46. The van der Waals surface area contributed by atoms with Gasteiger partial charge in [-0.05, 0) is 48.9 Å². The van der Waals surface area contributed by atoms with E-state index in [4.69, 9.17) is 33.7 Å². The van der Waals surface area contributed by atoms with Crippen LogP contribution in [-0.4, -0.2) is 6.54 Å². The Bertz CT molecular complexity index is 702. The van der Waals surface area contributed by atoms with Crippen LogP contribution in [0.15, 0.2) is 36.4 Å². The van der Waals surface area contributed by atoms with Gasteiger partial charge in [-0.25, -0.2) is 0 Å². The molecule has 4 heteroatoms. The van der Waals surface area contributed by atoms with E-state index in [9.17, 15) is 0 Å². The van der Waals surface area contributed by atoms with Gasteiger partial charge in [0, 0.05) is 21.2 Å². The quantitative estimate of drug-likeness (QED) is 0.861. The Morgan fingerprint density at radius 1 is 1.14 bits per heavy atom. The molecule has 0 aromatic heterocycles. The van der Waals surface area contributed by atoms with Crippen molar-refractivity contribution in [3.05, 3.63) is 63.1 Å². The zero-order chi connectivity index (χ0) is 15.2. The molecule has 0 aliphatic rings. The number of hydrogen-bond acceptors (Lipinski definition) is 2. The van der Waals surface area contributed by atoms with Gasteiger partial charge in [-0.1, -0.05) is 35.0 Å². The molecule has 0 saturated heterocycles. The molecule has 2 N–H and O–H groups in total. The minimum absolute atomic E-state index is 0.352.